The summed E-state index contributed by atoms with van der Waals surface area (Å²) < 4.78 is 18.6. The van der Waals surface area contributed by atoms with Gasteiger partial charge in [-0.15, -0.1) is 0 Å². The number of nitrogens with one attached hydrogen (secondary N) is 1. The molecular weight excluding hydrogens is 271 g/mol. The van der Waals surface area contributed by atoms with E-state index in [0.717, 1.165) is 6.07 Å². The molecule has 1 N–H and O–H groups in total. The predicted molar refractivity (Wildman–Crippen MR) is 70.0 cm³/mol. The van der Waals surface area contributed by atoms with Crippen LogP contribution in [0.5, 0.6) is 0 Å². The summed E-state index contributed by atoms with van der Waals surface area (Å²) in [5.74, 6) is -0.631. The molecule has 0 aliphatic carbocycles. The Morgan fingerprint density at radius 2 is 2.26 bits per heavy atom. The number of carbonyl (C=O) groups excluding carboxylic acids is 1. The van der Waals surface area contributed by atoms with E-state index in [1.165, 1.54) is 12.1 Å². The number of halogens is 2. The molecule has 0 aliphatic rings. The van der Waals surface area contributed by atoms with Crippen LogP contribution in [0.15, 0.2) is 22.7 Å². The van der Waals surface area contributed by atoms with E-state index in [9.17, 15) is 9.18 Å². The maximum absolute atomic E-state index is 13.6. The van der Waals surface area contributed by atoms with Gasteiger partial charge in [-0.3, -0.25) is 4.79 Å². The van der Waals surface area contributed by atoms with E-state index in [2.05, 4.69) is 10.5 Å². The number of nitrogens with zero attached hydrogens (tertiary/aromatic N) is 1. The van der Waals surface area contributed by atoms with Crippen LogP contribution in [0.25, 0.3) is 0 Å². The van der Waals surface area contributed by atoms with Crippen LogP contribution in [0.3, 0.4) is 0 Å². The van der Waals surface area contributed by atoms with Gasteiger partial charge in [-0.05, 0) is 31.5 Å². The smallest absolute Gasteiger partial charge is 0.261 e. The SMILES string of the molecule is CCc1noc(C)c1C(=O)Nc1ccc(Cl)cc1F. The van der Waals surface area contributed by atoms with Crippen molar-refractivity contribution >= 4 is 23.2 Å². The molecule has 0 fully saturated rings. The van der Waals surface area contributed by atoms with E-state index in [1.807, 2.05) is 6.92 Å². The molecule has 0 saturated carbocycles. The van der Waals surface area contributed by atoms with Gasteiger partial charge in [0.05, 0.1) is 11.4 Å². The lowest BCUT2D eigenvalue weighted by atomic mass is 10.1. The number of aryl methyl sites for hydroxylation is 2. The Kier molecular flexibility index (Phi) is 3.85. The summed E-state index contributed by atoms with van der Waals surface area (Å²) >= 11 is 5.65. The zero-order chi connectivity index (χ0) is 14.0. The maximum Gasteiger partial charge on any atom is 0.261 e. The van der Waals surface area contributed by atoms with E-state index in [-0.39, 0.29) is 10.7 Å². The first-order valence-electron chi connectivity index (χ1n) is 5.74. The number of hydrogen-bond donors (Lipinski definition) is 1. The average molecular weight is 283 g/mol. The van der Waals surface area contributed by atoms with Crippen LogP contribution >= 0.6 is 11.6 Å². The quantitative estimate of drug-likeness (QED) is 0.936. The lowest BCUT2D eigenvalue weighted by molar-refractivity contribution is 0.102. The first-order chi connectivity index (χ1) is 9.02. The second-order valence-electron chi connectivity index (χ2n) is 3.99. The fourth-order valence-corrected chi connectivity index (χ4v) is 1.88. The van der Waals surface area contributed by atoms with Crippen molar-refractivity contribution in [1.29, 1.82) is 0 Å². The molecule has 4 nitrogen and oxygen atoms in total. The number of amides is 1. The zero-order valence-corrected chi connectivity index (χ0v) is 11.2. The van der Waals surface area contributed by atoms with Gasteiger partial charge < -0.3 is 9.84 Å². The minimum Gasteiger partial charge on any atom is -0.361 e. The molecule has 0 unspecified atom stereocenters. The molecule has 0 saturated heterocycles. The van der Waals surface area contributed by atoms with E-state index in [0.29, 0.717) is 23.4 Å². The summed E-state index contributed by atoms with van der Waals surface area (Å²) in [7, 11) is 0. The van der Waals surface area contributed by atoms with Gasteiger partial charge in [-0.25, -0.2) is 4.39 Å². The monoisotopic (exact) mass is 282 g/mol. The number of aromatic nitrogens is 1. The molecule has 1 aromatic carbocycles. The number of anilines is 1. The summed E-state index contributed by atoms with van der Waals surface area (Å²) in [6, 6.07) is 4.05. The largest absolute Gasteiger partial charge is 0.361 e. The van der Waals surface area contributed by atoms with Crippen LogP contribution < -0.4 is 5.32 Å². The van der Waals surface area contributed by atoms with Crippen LogP contribution in [0.4, 0.5) is 10.1 Å². The highest BCUT2D eigenvalue weighted by Gasteiger charge is 2.20. The molecular formula is C13H12ClFN2O2. The van der Waals surface area contributed by atoms with Crippen molar-refractivity contribution in [3.63, 3.8) is 0 Å². The molecule has 2 rings (SSSR count). The average Bonchev–Trinajstić information content (AvgIpc) is 2.74. The Morgan fingerprint density at radius 3 is 2.89 bits per heavy atom. The number of rotatable bonds is 3. The highest BCUT2D eigenvalue weighted by Crippen LogP contribution is 2.21. The van der Waals surface area contributed by atoms with Crippen LogP contribution in [0.1, 0.15) is 28.7 Å². The summed E-state index contributed by atoms with van der Waals surface area (Å²) in [5.41, 5.74) is 0.957. The molecule has 0 radical (unpaired) electrons. The molecule has 2 aromatic rings. The molecule has 0 aliphatic heterocycles. The third-order valence-electron chi connectivity index (χ3n) is 2.67. The van der Waals surface area contributed by atoms with Crippen molar-refractivity contribution in [2.75, 3.05) is 5.32 Å². The first-order valence-corrected chi connectivity index (χ1v) is 6.12. The Hall–Kier alpha value is -1.88. The molecule has 1 aromatic heterocycles. The van der Waals surface area contributed by atoms with E-state index < -0.39 is 11.7 Å². The maximum atomic E-state index is 13.6. The standard InChI is InChI=1S/C13H12ClFN2O2/c1-3-10-12(7(2)19-17-10)13(18)16-11-5-4-8(14)6-9(11)15/h4-6H,3H2,1-2H3,(H,16,18). The van der Waals surface area contributed by atoms with Crippen LogP contribution in [-0.4, -0.2) is 11.1 Å². The van der Waals surface area contributed by atoms with Crippen molar-refractivity contribution in [2.24, 2.45) is 0 Å². The fraction of sp³-hybridized carbons (Fsp3) is 0.231. The van der Waals surface area contributed by atoms with Crippen LogP contribution in [0, 0.1) is 12.7 Å². The predicted octanol–water partition coefficient (Wildman–Crippen LogP) is 3.59. The minimum atomic E-state index is -0.590. The van der Waals surface area contributed by atoms with Crippen molar-refractivity contribution in [2.45, 2.75) is 20.3 Å². The second kappa shape index (κ2) is 5.40. The van der Waals surface area contributed by atoms with E-state index in [4.69, 9.17) is 16.1 Å². The van der Waals surface area contributed by atoms with Gasteiger partial charge in [0.15, 0.2) is 0 Å². The first kappa shape index (κ1) is 13.5. The van der Waals surface area contributed by atoms with E-state index >= 15 is 0 Å². The zero-order valence-electron chi connectivity index (χ0n) is 10.5. The van der Waals surface area contributed by atoms with Gasteiger partial charge in [0, 0.05) is 5.02 Å². The second-order valence-corrected chi connectivity index (χ2v) is 4.43. The van der Waals surface area contributed by atoms with Crippen molar-refractivity contribution in [1.82, 2.24) is 5.16 Å². The van der Waals surface area contributed by atoms with Crippen LogP contribution in [0.2, 0.25) is 5.02 Å². The number of carbonyl (C=O) groups is 1. The Labute approximate surface area is 114 Å². The molecule has 0 spiro atoms. The molecule has 100 valence electrons. The van der Waals surface area contributed by atoms with Crippen molar-refractivity contribution in [3.8, 4) is 0 Å². The molecule has 1 amide bonds. The van der Waals surface area contributed by atoms with E-state index in [1.54, 1.807) is 6.92 Å². The highest BCUT2D eigenvalue weighted by molar-refractivity contribution is 6.30. The summed E-state index contributed by atoms with van der Waals surface area (Å²) in [4.78, 5) is 12.1. The Morgan fingerprint density at radius 1 is 1.53 bits per heavy atom. The third-order valence-corrected chi connectivity index (χ3v) is 2.91. The third kappa shape index (κ3) is 2.76. The molecule has 0 atom stereocenters. The van der Waals surface area contributed by atoms with Gasteiger partial charge in [0.25, 0.3) is 5.91 Å². The lowest BCUT2D eigenvalue weighted by Gasteiger charge is -2.06. The molecule has 0 bridgehead atoms. The Balaban J connectivity index is 2.28. The fourth-order valence-electron chi connectivity index (χ4n) is 1.73. The highest BCUT2D eigenvalue weighted by atomic mass is 35.5. The minimum absolute atomic E-state index is 0.0667. The molecule has 1 heterocycles. The van der Waals surface area contributed by atoms with Gasteiger partial charge >= 0.3 is 0 Å². The topological polar surface area (TPSA) is 55.1 Å². The molecule has 19 heavy (non-hydrogen) atoms. The molecule has 6 heteroatoms. The van der Waals surface area contributed by atoms with Gasteiger partial charge in [0.2, 0.25) is 0 Å². The normalized spacial score (nSPS) is 10.5. The van der Waals surface area contributed by atoms with Gasteiger partial charge in [-0.1, -0.05) is 23.7 Å². The van der Waals surface area contributed by atoms with Crippen molar-refractivity contribution < 1.29 is 13.7 Å². The summed E-state index contributed by atoms with van der Waals surface area (Å²) in [6.07, 6.45) is 0.559. The lowest BCUT2D eigenvalue weighted by Crippen LogP contribution is -2.15. The van der Waals surface area contributed by atoms with Gasteiger partial charge in [0.1, 0.15) is 17.1 Å². The number of hydrogen-bond acceptors (Lipinski definition) is 3. The van der Waals surface area contributed by atoms with Gasteiger partial charge in [-0.2, -0.15) is 0 Å². The summed E-state index contributed by atoms with van der Waals surface area (Å²) in [5, 5.41) is 6.53. The number of benzene rings is 1. The van der Waals surface area contributed by atoms with Crippen LogP contribution in [-0.2, 0) is 6.42 Å². The van der Waals surface area contributed by atoms with Crippen molar-refractivity contribution in [3.05, 3.63) is 46.1 Å². The summed E-state index contributed by atoms with van der Waals surface area (Å²) in [6.45, 7) is 3.50. The Bertz CT molecular complexity index is 625.